The van der Waals surface area contributed by atoms with Gasteiger partial charge >= 0.3 is 0 Å². The van der Waals surface area contributed by atoms with Crippen LogP contribution in [0.15, 0.2) is 32.7 Å². The third-order valence-electron chi connectivity index (χ3n) is 3.61. The van der Waals surface area contributed by atoms with Crippen LogP contribution in [0.1, 0.15) is 18.0 Å². The van der Waals surface area contributed by atoms with Crippen molar-refractivity contribution in [1.29, 1.82) is 0 Å². The predicted octanol–water partition coefficient (Wildman–Crippen LogP) is 4.08. The second kappa shape index (κ2) is 6.34. The number of rotatable bonds is 4. The first kappa shape index (κ1) is 15.4. The van der Waals surface area contributed by atoms with Gasteiger partial charge in [-0.2, -0.15) is 5.10 Å². The zero-order chi connectivity index (χ0) is 15.7. The van der Waals surface area contributed by atoms with Crippen molar-refractivity contribution in [2.24, 2.45) is 4.99 Å². The van der Waals surface area contributed by atoms with Gasteiger partial charge in [-0.25, -0.2) is 9.67 Å². The summed E-state index contributed by atoms with van der Waals surface area (Å²) in [5.74, 6) is 2.35. The topological polar surface area (TPSA) is 48.6 Å². The number of thioether (sulfide) groups is 1. The highest BCUT2D eigenvalue weighted by molar-refractivity contribution is 9.10. The lowest BCUT2D eigenvalue weighted by Gasteiger charge is -2.22. The Morgan fingerprint density at radius 1 is 1.27 bits per heavy atom. The van der Waals surface area contributed by atoms with E-state index < -0.39 is 0 Å². The Balaban J connectivity index is 2.10. The van der Waals surface area contributed by atoms with E-state index in [2.05, 4.69) is 32.1 Å². The van der Waals surface area contributed by atoms with Crippen LogP contribution >= 0.6 is 27.7 Å². The molecule has 0 saturated heterocycles. The minimum atomic E-state index is 0.101. The number of fused-ring (bicyclic) bond motifs is 1. The van der Waals surface area contributed by atoms with E-state index in [1.54, 1.807) is 26.0 Å². The van der Waals surface area contributed by atoms with E-state index in [1.165, 1.54) is 0 Å². The Labute approximate surface area is 141 Å². The molecule has 0 N–H and O–H groups in total. The maximum Gasteiger partial charge on any atom is 0.174 e. The molecular formula is C15H16BrN3O2S. The lowest BCUT2D eigenvalue weighted by Crippen LogP contribution is -2.15. The summed E-state index contributed by atoms with van der Waals surface area (Å²) in [4.78, 5) is 5.44. The fraction of sp³-hybridized carbons (Fsp3) is 0.333. The van der Waals surface area contributed by atoms with Crippen molar-refractivity contribution >= 4 is 39.7 Å². The van der Waals surface area contributed by atoms with Crippen LogP contribution in [0.25, 0.3) is 0 Å². The SMILES string of the molecule is COc1cc(C2CC=Nc3cc(Br)nn32)cc(SC)c1OC. The monoisotopic (exact) mass is 381 g/mol. The van der Waals surface area contributed by atoms with E-state index in [0.717, 1.165) is 38.8 Å². The second-order valence-electron chi connectivity index (χ2n) is 4.79. The number of methoxy groups -OCH3 is 2. The molecule has 1 atom stereocenters. The average Bonchev–Trinajstić information content (AvgIpc) is 2.93. The third-order valence-corrected chi connectivity index (χ3v) is 4.74. The highest BCUT2D eigenvalue weighted by atomic mass is 79.9. The van der Waals surface area contributed by atoms with Crippen molar-refractivity contribution < 1.29 is 9.47 Å². The largest absolute Gasteiger partial charge is 0.493 e. The number of nitrogens with zero attached hydrogens (tertiary/aromatic N) is 3. The molecule has 3 rings (SSSR count). The van der Waals surface area contributed by atoms with Crippen molar-refractivity contribution in [2.45, 2.75) is 17.4 Å². The number of aromatic nitrogens is 2. The van der Waals surface area contributed by atoms with Crippen molar-refractivity contribution in [3.05, 3.63) is 28.4 Å². The molecule has 1 aromatic heterocycles. The minimum absolute atomic E-state index is 0.101. The fourth-order valence-corrected chi connectivity index (χ4v) is 3.60. The smallest absolute Gasteiger partial charge is 0.174 e. The lowest BCUT2D eigenvalue weighted by molar-refractivity contribution is 0.346. The van der Waals surface area contributed by atoms with Crippen LogP contribution in [-0.2, 0) is 0 Å². The van der Waals surface area contributed by atoms with Crippen LogP contribution in [0.3, 0.4) is 0 Å². The molecule has 0 amide bonds. The molecule has 2 aromatic rings. The molecule has 0 aliphatic carbocycles. The number of benzene rings is 1. The summed E-state index contributed by atoms with van der Waals surface area (Å²) in [6, 6.07) is 6.17. The van der Waals surface area contributed by atoms with Gasteiger partial charge in [0.1, 0.15) is 4.60 Å². The van der Waals surface area contributed by atoms with Gasteiger partial charge in [-0.1, -0.05) is 0 Å². The number of hydrogen-bond acceptors (Lipinski definition) is 5. The van der Waals surface area contributed by atoms with Crippen molar-refractivity contribution in [3.63, 3.8) is 0 Å². The van der Waals surface area contributed by atoms with E-state index in [1.807, 2.05) is 29.3 Å². The van der Waals surface area contributed by atoms with Gasteiger partial charge in [0.25, 0.3) is 0 Å². The van der Waals surface area contributed by atoms with Crippen molar-refractivity contribution in [2.75, 3.05) is 20.5 Å². The Bertz CT molecular complexity index is 705. The molecule has 1 aliphatic heterocycles. The van der Waals surface area contributed by atoms with Crippen LogP contribution < -0.4 is 9.47 Å². The summed E-state index contributed by atoms with van der Waals surface area (Å²) in [5.41, 5.74) is 1.13. The van der Waals surface area contributed by atoms with Gasteiger partial charge in [0.15, 0.2) is 17.3 Å². The molecule has 7 heteroatoms. The van der Waals surface area contributed by atoms with Crippen LogP contribution in [0.2, 0.25) is 0 Å². The van der Waals surface area contributed by atoms with E-state index in [4.69, 9.17) is 9.47 Å². The zero-order valence-electron chi connectivity index (χ0n) is 12.5. The minimum Gasteiger partial charge on any atom is -0.493 e. The second-order valence-corrected chi connectivity index (χ2v) is 6.45. The summed E-state index contributed by atoms with van der Waals surface area (Å²) in [5, 5.41) is 4.50. The van der Waals surface area contributed by atoms with Gasteiger partial charge in [0.05, 0.1) is 25.2 Å². The van der Waals surface area contributed by atoms with Gasteiger partial charge < -0.3 is 9.47 Å². The molecule has 5 nitrogen and oxygen atoms in total. The first-order valence-corrected chi connectivity index (χ1v) is 8.77. The first-order valence-electron chi connectivity index (χ1n) is 6.75. The summed E-state index contributed by atoms with van der Waals surface area (Å²) in [6.07, 6.45) is 4.76. The Morgan fingerprint density at radius 2 is 2.09 bits per heavy atom. The highest BCUT2D eigenvalue weighted by Gasteiger charge is 2.24. The van der Waals surface area contributed by atoms with Gasteiger partial charge in [-0.05, 0) is 39.9 Å². The normalized spacial score (nSPS) is 16.5. The van der Waals surface area contributed by atoms with Gasteiger partial charge in [-0.15, -0.1) is 11.8 Å². The maximum atomic E-state index is 5.49. The molecule has 1 aliphatic rings. The molecule has 1 aromatic carbocycles. The molecule has 0 bridgehead atoms. The molecule has 0 saturated carbocycles. The van der Waals surface area contributed by atoms with Crippen LogP contribution in [0.4, 0.5) is 5.82 Å². The van der Waals surface area contributed by atoms with Gasteiger partial charge in [0, 0.05) is 18.7 Å². The molecule has 0 spiro atoms. The third kappa shape index (κ3) is 2.63. The standard InChI is InChI=1S/C15H16BrN3O2S/c1-20-11-6-9(7-12(22-3)15(11)21-2)10-4-5-17-14-8-13(16)18-19(10)14/h5-8,10H,4H2,1-3H3. The summed E-state index contributed by atoms with van der Waals surface area (Å²) in [7, 11) is 3.32. The zero-order valence-corrected chi connectivity index (χ0v) is 14.9. The molecular weight excluding hydrogens is 366 g/mol. The summed E-state index contributed by atoms with van der Waals surface area (Å²) < 4.78 is 13.7. The van der Waals surface area contributed by atoms with Crippen molar-refractivity contribution in [3.8, 4) is 11.5 Å². The maximum absolute atomic E-state index is 5.49. The fourth-order valence-electron chi connectivity index (χ4n) is 2.60. The number of halogens is 1. The van der Waals surface area contributed by atoms with E-state index in [0.29, 0.717) is 0 Å². The Morgan fingerprint density at radius 3 is 2.77 bits per heavy atom. The molecule has 1 unspecified atom stereocenters. The summed E-state index contributed by atoms with van der Waals surface area (Å²) >= 11 is 5.05. The Hall–Kier alpha value is -1.47. The lowest BCUT2D eigenvalue weighted by atomic mass is 10.0. The highest BCUT2D eigenvalue weighted by Crippen LogP contribution is 2.41. The average molecular weight is 382 g/mol. The number of ether oxygens (including phenoxy) is 2. The van der Waals surface area contributed by atoms with E-state index in [-0.39, 0.29) is 6.04 Å². The quantitative estimate of drug-likeness (QED) is 0.748. The summed E-state index contributed by atoms with van der Waals surface area (Å²) in [6.45, 7) is 0. The van der Waals surface area contributed by atoms with E-state index in [9.17, 15) is 0 Å². The molecule has 116 valence electrons. The van der Waals surface area contributed by atoms with Gasteiger partial charge in [-0.3, -0.25) is 0 Å². The number of hydrogen-bond donors (Lipinski definition) is 0. The predicted molar refractivity (Wildman–Crippen MR) is 92.2 cm³/mol. The van der Waals surface area contributed by atoms with E-state index >= 15 is 0 Å². The van der Waals surface area contributed by atoms with Crippen molar-refractivity contribution in [1.82, 2.24) is 9.78 Å². The van der Waals surface area contributed by atoms with Crippen LogP contribution in [0, 0.1) is 0 Å². The molecule has 0 radical (unpaired) electrons. The van der Waals surface area contributed by atoms with Gasteiger partial charge in [0.2, 0.25) is 0 Å². The molecule has 22 heavy (non-hydrogen) atoms. The van der Waals surface area contributed by atoms with Crippen LogP contribution in [-0.4, -0.2) is 36.5 Å². The Kier molecular flexibility index (Phi) is 4.44. The molecule has 2 heterocycles. The number of aliphatic imine (C=N–C) groups is 1. The first-order chi connectivity index (χ1) is 10.7. The molecule has 0 fully saturated rings. The van der Waals surface area contributed by atoms with Crippen LogP contribution in [0.5, 0.6) is 11.5 Å².